The molecule has 0 aliphatic rings. The maximum atomic E-state index is 12.4. The van der Waals surface area contributed by atoms with Crippen LogP contribution in [-0.2, 0) is 4.74 Å². The summed E-state index contributed by atoms with van der Waals surface area (Å²) < 4.78 is 4.81. The second-order valence-corrected chi connectivity index (χ2v) is 5.48. The predicted octanol–water partition coefficient (Wildman–Crippen LogP) is 2.88. The van der Waals surface area contributed by atoms with E-state index in [2.05, 4.69) is 10.3 Å². The number of aromatic hydroxyl groups is 3. The molecule has 0 spiro atoms. The smallest absolute Gasteiger partial charge is 0.411 e. The summed E-state index contributed by atoms with van der Waals surface area (Å²) in [6.45, 7) is 1.77. The Morgan fingerprint density at radius 1 is 1.15 bits per heavy atom. The van der Waals surface area contributed by atoms with Gasteiger partial charge < -0.3 is 25.0 Å². The van der Waals surface area contributed by atoms with Crippen molar-refractivity contribution in [2.24, 2.45) is 0 Å². The zero-order chi connectivity index (χ0) is 18.8. The first kappa shape index (κ1) is 17.2. The molecule has 8 nitrogen and oxygen atoms in total. The molecule has 5 N–H and O–H groups in total. The van der Waals surface area contributed by atoms with Gasteiger partial charge in [0.1, 0.15) is 17.2 Å². The number of H-pyrrole nitrogens is 1. The number of aromatic amines is 1. The lowest BCUT2D eigenvalue weighted by molar-refractivity contribution is 0.168. The van der Waals surface area contributed by atoms with E-state index in [0.29, 0.717) is 5.52 Å². The Morgan fingerprint density at radius 2 is 1.92 bits per heavy atom. The molecule has 0 saturated heterocycles. The number of anilines is 1. The number of phenolic OH excluding ortho intramolecular Hbond substituents is 3. The lowest BCUT2D eigenvalue weighted by Crippen LogP contribution is -2.14. The Morgan fingerprint density at radius 3 is 2.65 bits per heavy atom. The molecular weight excluding hydrogens is 340 g/mol. The van der Waals surface area contributed by atoms with Crippen molar-refractivity contribution < 1.29 is 24.9 Å². The van der Waals surface area contributed by atoms with E-state index in [0.717, 1.165) is 6.07 Å². The average Bonchev–Trinajstić information content (AvgIpc) is 2.54. The predicted molar refractivity (Wildman–Crippen MR) is 95.6 cm³/mol. The van der Waals surface area contributed by atoms with Crippen LogP contribution in [-0.4, -0.2) is 33.0 Å². The van der Waals surface area contributed by atoms with Gasteiger partial charge in [0.25, 0.3) is 0 Å². The second-order valence-electron chi connectivity index (χ2n) is 5.48. The van der Waals surface area contributed by atoms with E-state index in [-0.39, 0.29) is 46.2 Å². The molecular formula is C18H16N2O6. The van der Waals surface area contributed by atoms with Crippen LogP contribution >= 0.6 is 0 Å². The zero-order valence-corrected chi connectivity index (χ0v) is 13.7. The van der Waals surface area contributed by atoms with Gasteiger partial charge in [0.15, 0.2) is 5.43 Å². The Balaban J connectivity index is 2.22. The van der Waals surface area contributed by atoms with Gasteiger partial charge >= 0.3 is 6.09 Å². The highest BCUT2D eigenvalue weighted by molar-refractivity contribution is 5.95. The molecule has 3 aromatic rings. The number of hydrogen-bond acceptors (Lipinski definition) is 6. The number of ether oxygens (including phenoxy) is 1. The maximum absolute atomic E-state index is 12.4. The van der Waals surface area contributed by atoms with Crippen LogP contribution in [0.25, 0.3) is 22.2 Å². The molecule has 0 fully saturated rings. The minimum Gasteiger partial charge on any atom is -0.508 e. The van der Waals surface area contributed by atoms with Crippen LogP contribution < -0.4 is 10.7 Å². The number of amides is 1. The molecule has 0 aliphatic heterocycles. The first-order valence-corrected chi connectivity index (χ1v) is 7.76. The SMILES string of the molecule is CCOC(=O)Nc1cc(O)cc(O)c1-c1cc(=O)c2c(O)cccc2[nH]1. The molecule has 134 valence electrons. The quantitative estimate of drug-likeness (QED) is 0.490. The van der Waals surface area contributed by atoms with Crippen LogP contribution in [0.5, 0.6) is 17.2 Å². The largest absolute Gasteiger partial charge is 0.508 e. The van der Waals surface area contributed by atoms with Gasteiger partial charge in [-0.2, -0.15) is 0 Å². The number of rotatable bonds is 3. The molecule has 1 amide bonds. The molecule has 0 atom stereocenters. The third-order valence-corrected chi connectivity index (χ3v) is 3.72. The lowest BCUT2D eigenvalue weighted by atomic mass is 10.0. The van der Waals surface area contributed by atoms with Gasteiger partial charge in [-0.1, -0.05) is 6.07 Å². The van der Waals surface area contributed by atoms with E-state index in [1.807, 2.05) is 0 Å². The molecule has 0 saturated carbocycles. The molecule has 1 aromatic heterocycles. The monoisotopic (exact) mass is 356 g/mol. The van der Waals surface area contributed by atoms with Gasteiger partial charge in [0.05, 0.1) is 34.5 Å². The van der Waals surface area contributed by atoms with Crippen molar-refractivity contribution in [3.05, 3.63) is 46.6 Å². The van der Waals surface area contributed by atoms with Crippen molar-refractivity contribution in [1.82, 2.24) is 4.98 Å². The minimum atomic E-state index is -0.778. The number of carbonyl (C=O) groups excluding carboxylic acids is 1. The number of nitrogens with one attached hydrogen (secondary N) is 2. The van der Waals surface area contributed by atoms with E-state index in [9.17, 15) is 24.9 Å². The highest BCUT2D eigenvalue weighted by atomic mass is 16.5. The van der Waals surface area contributed by atoms with Gasteiger partial charge in [-0.25, -0.2) is 4.79 Å². The molecule has 0 radical (unpaired) electrons. The summed E-state index contributed by atoms with van der Waals surface area (Å²) in [6.07, 6.45) is -0.778. The summed E-state index contributed by atoms with van der Waals surface area (Å²) in [4.78, 5) is 27.1. The number of fused-ring (bicyclic) bond motifs is 1. The number of hydrogen-bond donors (Lipinski definition) is 5. The third-order valence-electron chi connectivity index (χ3n) is 3.72. The Bertz CT molecular complexity index is 1060. The van der Waals surface area contributed by atoms with E-state index < -0.39 is 11.5 Å². The van der Waals surface area contributed by atoms with E-state index >= 15 is 0 Å². The fourth-order valence-electron chi connectivity index (χ4n) is 2.69. The third kappa shape index (κ3) is 3.12. The number of pyridine rings is 1. The van der Waals surface area contributed by atoms with Crippen LogP contribution in [0, 0.1) is 0 Å². The number of phenols is 3. The van der Waals surface area contributed by atoms with E-state index in [4.69, 9.17) is 4.74 Å². The first-order valence-electron chi connectivity index (χ1n) is 7.76. The molecule has 1 heterocycles. The Labute approximate surface area is 147 Å². The summed E-state index contributed by atoms with van der Waals surface area (Å²) >= 11 is 0. The molecule has 0 aliphatic carbocycles. The molecule has 8 heteroatoms. The normalized spacial score (nSPS) is 10.7. The summed E-state index contributed by atoms with van der Waals surface area (Å²) in [5.41, 5.74) is 0.218. The molecule has 2 aromatic carbocycles. The fourth-order valence-corrected chi connectivity index (χ4v) is 2.69. The highest BCUT2D eigenvalue weighted by Gasteiger charge is 2.18. The van der Waals surface area contributed by atoms with Crippen molar-refractivity contribution in [3.8, 4) is 28.5 Å². The summed E-state index contributed by atoms with van der Waals surface area (Å²) in [6, 6.07) is 8.03. The second kappa shape index (κ2) is 6.67. The van der Waals surface area contributed by atoms with Crippen LogP contribution in [0.3, 0.4) is 0 Å². The van der Waals surface area contributed by atoms with E-state index in [1.54, 1.807) is 19.1 Å². The van der Waals surface area contributed by atoms with Gasteiger partial charge in [-0.15, -0.1) is 0 Å². The van der Waals surface area contributed by atoms with Gasteiger partial charge in [-0.3, -0.25) is 10.1 Å². The number of benzene rings is 2. The standard InChI is InChI=1S/C18H16N2O6/c1-2-26-18(25)20-11-6-9(21)7-14(23)16(11)12-8-15(24)17-10(19-12)4-3-5-13(17)22/h3-8,21-23H,2H2,1H3,(H,19,24)(H,20,25). The molecule has 0 unspecified atom stereocenters. The Kier molecular flexibility index (Phi) is 4.40. The first-order chi connectivity index (χ1) is 12.4. The minimum absolute atomic E-state index is 0.0519. The van der Waals surface area contributed by atoms with Crippen LogP contribution in [0.15, 0.2) is 41.2 Å². The molecule has 3 rings (SSSR count). The highest BCUT2D eigenvalue weighted by Crippen LogP contribution is 2.39. The van der Waals surface area contributed by atoms with Gasteiger partial charge in [0, 0.05) is 18.2 Å². The summed E-state index contributed by atoms with van der Waals surface area (Å²) in [5.74, 6) is -0.805. The van der Waals surface area contributed by atoms with Gasteiger partial charge in [0.2, 0.25) is 0 Å². The van der Waals surface area contributed by atoms with E-state index in [1.165, 1.54) is 18.2 Å². The van der Waals surface area contributed by atoms with Crippen molar-refractivity contribution >= 4 is 22.7 Å². The molecule has 0 bridgehead atoms. The van der Waals surface area contributed by atoms with Crippen molar-refractivity contribution in [3.63, 3.8) is 0 Å². The van der Waals surface area contributed by atoms with Crippen LogP contribution in [0.1, 0.15) is 6.92 Å². The topological polar surface area (TPSA) is 132 Å². The average molecular weight is 356 g/mol. The van der Waals surface area contributed by atoms with Gasteiger partial charge in [-0.05, 0) is 19.1 Å². The van der Waals surface area contributed by atoms with Crippen molar-refractivity contribution in [1.29, 1.82) is 0 Å². The lowest BCUT2D eigenvalue weighted by Gasteiger charge is -2.14. The zero-order valence-electron chi connectivity index (χ0n) is 13.7. The van der Waals surface area contributed by atoms with Crippen LogP contribution in [0.4, 0.5) is 10.5 Å². The maximum Gasteiger partial charge on any atom is 0.411 e. The van der Waals surface area contributed by atoms with Crippen molar-refractivity contribution in [2.45, 2.75) is 6.92 Å². The number of carbonyl (C=O) groups is 1. The fraction of sp³-hybridized carbons (Fsp3) is 0.111. The molecule has 26 heavy (non-hydrogen) atoms. The summed E-state index contributed by atoms with van der Waals surface area (Å²) in [5, 5.41) is 32.4. The van der Waals surface area contributed by atoms with Crippen molar-refractivity contribution in [2.75, 3.05) is 11.9 Å². The van der Waals surface area contributed by atoms with Crippen LogP contribution in [0.2, 0.25) is 0 Å². The number of aromatic nitrogens is 1. The Hall–Kier alpha value is -3.68. The summed E-state index contributed by atoms with van der Waals surface area (Å²) in [7, 11) is 0.